The van der Waals surface area contributed by atoms with Crippen molar-refractivity contribution in [1.82, 2.24) is 0 Å². The highest BCUT2D eigenvalue weighted by molar-refractivity contribution is 5.74. The summed E-state index contributed by atoms with van der Waals surface area (Å²) in [5, 5.41) is 0. The van der Waals surface area contributed by atoms with Crippen molar-refractivity contribution in [1.29, 1.82) is 0 Å². The van der Waals surface area contributed by atoms with E-state index in [1.165, 1.54) is 11.1 Å². The van der Waals surface area contributed by atoms with E-state index in [0.717, 1.165) is 18.3 Å². The third-order valence-corrected chi connectivity index (χ3v) is 3.17. The summed E-state index contributed by atoms with van der Waals surface area (Å²) >= 11 is 0. The molecule has 1 aliphatic heterocycles. The summed E-state index contributed by atoms with van der Waals surface area (Å²) in [5.41, 5.74) is 4.61. The second kappa shape index (κ2) is 4.62. The van der Waals surface area contributed by atoms with Gasteiger partial charge in [-0.1, -0.05) is 29.8 Å². The Morgan fingerprint density at radius 2 is 1.88 bits per heavy atom. The Labute approximate surface area is 95.9 Å². The van der Waals surface area contributed by atoms with Crippen LogP contribution in [0.4, 0.5) is 0 Å². The maximum atomic E-state index is 10.6. The van der Waals surface area contributed by atoms with Crippen LogP contribution in [0.25, 0.3) is 0 Å². The van der Waals surface area contributed by atoms with Gasteiger partial charge in [0.1, 0.15) is 6.29 Å². The molecule has 0 N–H and O–H groups in total. The Morgan fingerprint density at radius 3 is 2.44 bits per heavy atom. The number of aldehydes is 1. The van der Waals surface area contributed by atoms with Gasteiger partial charge in [-0.05, 0) is 31.4 Å². The standard InChI is InChI=1S/C14H16O2/c1-10-7-14(16-9-11(10)2)13-5-3-12(8-15)4-6-13/h3-6,8,14H,7,9H2,1-2H3. The van der Waals surface area contributed by atoms with Crippen molar-refractivity contribution in [2.75, 3.05) is 6.61 Å². The molecule has 16 heavy (non-hydrogen) atoms. The van der Waals surface area contributed by atoms with Gasteiger partial charge in [-0.25, -0.2) is 0 Å². The molecule has 0 amide bonds. The topological polar surface area (TPSA) is 26.3 Å². The Hall–Kier alpha value is -1.41. The lowest BCUT2D eigenvalue weighted by Gasteiger charge is -2.25. The van der Waals surface area contributed by atoms with Crippen molar-refractivity contribution in [3.05, 3.63) is 46.5 Å². The third kappa shape index (κ3) is 2.22. The summed E-state index contributed by atoms with van der Waals surface area (Å²) in [6.45, 7) is 4.98. The molecule has 0 bridgehead atoms. The van der Waals surface area contributed by atoms with Crippen LogP contribution in [0, 0.1) is 0 Å². The average Bonchev–Trinajstić information content (AvgIpc) is 2.33. The summed E-state index contributed by atoms with van der Waals surface area (Å²) in [5.74, 6) is 0. The van der Waals surface area contributed by atoms with Crippen molar-refractivity contribution < 1.29 is 9.53 Å². The zero-order valence-electron chi connectivity index (χ0n) is 9.69. The molecule has 2 heteroatoms. The van der Waals surface area contributed by atoms with E-state index < -0.39 is 0 Å². The second-order valence-corrected chi connectivity index (χ2v) is 4.35. The smallest absolute Gasteiger partial charge is 0.150 e. The molecule has 1 unspecified atom stereocenters. The zero-order valence-corrected chi connectivity index (χ0v) is 9.69. The maximum absolute atomic E-state index is 10.6. The highest BCUT2D eigenvalue weighted by atomic mass is 16.5. The monoisotopic (exact) mass is 216 g/mol. The minimum Gasteiger partial charge on any atom is -0.369 e. The minimum absolute atomic E-state index is 0.143. The van der Waals surface area contributed by atoms with Gasteiger partial charge in [0.05, 0.1) is 12.7 Å². The number of hydrogen-bond donors (Lipinski definition) is 0. The maximum Gasteiger partial charge on any atom is 0.150 e. The molecule has 1 heterocycles. The SMILES string of the molecule is CC1=C(C)CC(c2ccc(C=O)cc2)OC1. The molecule has 0 saturated carbocycles. The van der Waals surface area contributed by atoms with Crippen molar-refractivity contribution in [2.45, 2.75) is 26.4 Å². The molecule has 2 nitrogen and oxygen atoms in total. The van der Waals surface area contributed by atoms with E-state index in [0.29, 0.717) is 12.2 Å². The van der Waals surface area contributed by atoms with E-state index in [-0.39, 0.29) is 6.10 Å². The van der Waals surface area contributed by atoms with Gasteiger partial charge < -0.3 is 4.74 Å². The summed E-state index contributed by atoms with van der Waals surface area (Å²) in [6.07, 6.45) is 1.96. The first kappa shape index (κ1) is 11.1. The minimum atomic E-state index is 0.143. The average molecular weight is 216 g/mol. The van der Waals surface area contributed by atoms with E-state index in [1.54, 1.807) is 0 Å². The molecule has 0 aromatic heterocycles. The van der Waals surface area contributed by atoms with E-state index in [4.69, 9.17) is 4.74 Å². The van der Waals surface area contributed by atoms with Gasteiger partial charge in [-0.3, -0.25) is 4.79 Å². The fraction of sp³-hybridized carbons (Fsp3) is 0.357. The van der Waals surface area contributed by atoms with Gasteiger partial charge in [-0.15, -0.1) is 0 Å². The molecule has 1 aromatic carbocycles. The van der Waals surface area contributed by atoms with Crippen molar-refractivity contribution in [3.63, 3.8) is 0 Å². The number of rotatable bonds is 2. The molecule has 0 radical (unpaired) electrons. The first-order valence-electron chi connectivity index (χ1n) is 5.52. The van der Waals surface area contributed by atoms with Gasteiger partial charge in [0.15, 0.2) is 0 Å². The van der Waals surface area contributed by atoms with Gasteiger partial charge in [-0.2, -0.15) is 0 Å². The molecular weight excluding hydrogens is 200 g/mol. The van der Waals surface area contributed by atoms with Crippen LogP contribution in [-0.2, 0) is 4.74 Å². The molecule has 0 saturated heterocycles. The van der Waals surface area contributed by atoms with Gasteiger partial charge in [0.2, 0.25) is 0 Å². The van der Waals surface area contributed by atoms with Crippen molar-refractivity contribution >= 4 is 6.29 Å². The third-order valence-electron chi connectivity index (χ3n) is 3.17. The van der Waals surface area contributed by atoms with E-state index in [2.05, 4.69) is 13.8 Å². The Kier molecular flexibility index (Phi) is 3.20. The molecule has 0 spiro atoms. The fourth-order valence-corrected chi connectivity index (χ4v) is 1.86. The second-order valence-electron chi connectivity index (χ2n) is 4.35. The first-order chi connectivity index (χ1) is 7.70. The highest BCUT2D eigenvalue weighted by Crippen LogP contribution is 2.31. The highest BCUT2D eigenvalue weighted by Gasteiger charge is 2.18. The van der Waals surface area contributed by atoms with Crippen LogP contribution in [0.3, 0.4) is 0 Å². The molecule has 0 fully saturated rings. The molecule has 1 atom stereocenters. The van der Waals surface area contributed by atoms with Gasteiger partial charge >= 0.3 is 0 Å². The summed E-state index contributed by atoms with van der Waals surface area (Å²) in [7, 11) is 0. The van der Waals surface area contributed by atoms with Gasteiger partial charge in [0, 0.05) is 5.56 Å². The van der Waals surface area contributed by atoms with Crippen LogP contribution in [0.5, 0.6) is 0 Å². The Bertz CT molecular complexity index is 415. The number of ether oxygens (including phenoxy) is 1. The molecule has 1 aliphatic rings. The molecular formula is C14H16O2. The number of carbonyl (C=O) groups excluding carboxylic acids is 1. The normalized spacial score (nSPS) is 21.0. The van der Waals surface area contributed by atoms with Crippen LogP contribution in [0.2, 0.25) is 0 Å². The molecule has 2 rings (SSSR count). The Morgan fingerprint density at radius 1 is 1.19 bits per heavy atom. The number of benzene rings is 1. The van der Waals surface area contributed by atoms with Crippen LogP contribution in [0.15, 0.2) is 35.4 Å². The van der Waals surface area contributed by atoms with E-state index in [1.807, 2.05) is 24.3 Å². The predicted octanol–water partition coefficient (Wildman–Crippen LogP) is 3.30. The van der Waals surface area contributed by atoms with E-state index in [9.17, 15) is 4.79 Å². The summed E-state index contributed by atoms with van der Waals surface area (Å²) in [4.78, 5) is 10.6. The number of carbonyl (C=O) groups is 1. The zero-order chi connectivity index (χ0) is 11.5. The molecule has 0 aliphatic carbocycles. The molecule has 1 aromatic rings. The lowest BCUT2D eigenvalue weighted by atomic mass is 9.96. The summed E-state index contributed by atoms with van der Waals surface area (Å²) < 4.78 is 5.77. The Balaban J connectivity index is 2.16. The largest absolute Gasteiger partial charge is 0.369 e. The van der Waals surface area contributed by atoms with Crippen LogP contribution in [0.1, 0.15) is 42.3 Å². The predicted molar refractivity (Wildman–Crippen MR) is 63.5 cm³/mol. The van der Waals surface area contributed by atoms with Gasteiger partial charge in [0.25, 0.3) is 0 Å². The van der Waals surface area contributed by atoms with Crippen LogP contribution in [-0.4, -0.2) is 12.9 Å². The van der Waals surface area contributed by atoms with Crippen molar-refractivity contribution in [2.24, 2.45) is 0 Å². The first-order valence-corrected chi connectivity index (χ1v) is 5.52. The lowest BCUT2D eigenvalue weighted by Crippen LogP contribution is -2.13. The van der Waals surface area contributed by atoms with Crippen LogP contribution >= 0.6 is 0 Å². The quantitative estimate of drug-likeness (QED) is 0.560. The van der Waals surface area contributed by atoms with Crippen molar-refractivity contribution in [3.8, 4) is 0 Å². The fourth-order valence-electron chi connectivity index (χ4n) is 1.86. The lowest BCUT2D eigenvalue weighted by molar-refractivity contribution is 0.0578. The molecule has 84 valence electrons. The number of hydrogen-bond acceptors (Lipinski definition) is 2. The van der Waals surface area contributed by atoms with E-state index >= 15 is 0 Å². The summed E-state index contributed by atoms with van der Waals surface area (Å²) in [6, 6.07) is 7.63. The van der Waals surface area contributed by atoms with Crippen LogP contribution < -0.4 is 0 Å².